The normalized spacial score (nSPS) is 16.8. The molecule has 0 aliphatic heterocycles. The number of hydrogen-bond donors (Lipinski definition) is 1. The number of furan rings is 1. The van der Waals surface area contributed by atoms with Gasteiger partial charge in [0.05, 0.1) is 24.2 Å². The van der Waals surface area contributed by atoms with Crippen LogP contribution in [-0.2, 0) is 6.42 Å². The minimum absolute atomic E-state index is 0.0474. The van der Waals surface area contributed by atoms with Gasteiger partial charge in [-0.15, -0.1) is 0 Å². The van der Waals surface area contributed by atoms with Crippen LogP contribution in [0.4, 0.5) is 0 Å². The van der Waals surface area contributed by atoms with E-state index in [1.807, 2.05) is 29.1 Å². The molecule has 3 heterocycles. The maximum absolute atomic E-state index is 12.2. The quantitative estimate of drug-likeness (QED) is 0.807. The van der Waals surface area contributed by atoms with Gasteiger partial charge < -0.3 is 9.73 Å². The number of rotatable bonds is 3. The lowest BCUT2D eigenvalue weighted by Gasteiger charge is -2.23. The van der Waals surface area contributed by atoms with Crippen LogP contribution in [-0.4, -0.2) is 20.7 Å². The summed E-state index contributed by atoms with van der Waals surface area (Å²) < 4.78 is 7.02. The number of pyridine rings is 1. The van der Waals surface area contributed by atoms with Crippen LogP contribution in [0.3, 0.4) is 0 Å². The first-order chi connectivity index (χ1) is 11.3. The molecule has 6 heteroatoms. The molecule has 1 aliphatic rings. The highest BCUT2D eigenvalue weighted by molar-refractivity contribution is 5.91. The molecule has 3 aromatic heterocycles. The summed E-state index contributed by atoms with van der Waals surface area (Å²) in [5.41, 5.74) is 2.17. The first kappa shape index (κ1) is 13.8. The van der Waals surface area contributed by atoms with Crippen molar-refractivity contribution in [2.45, 2.75) is 25.3 Å². The van der Waals surface area contributed by atoms with Gasteiger partial charge in [-0.2, -0.15) is 5.10 Å². The van der Waals surface area contributed by atoms with E-state index in [0.717, 1.165) is 36.3 Å². The number of nitrogens with zero attached hydrogens (tertiary/aromatic N) is 3. The molecule has 0 spiro atoms. The van der Waals surface area contributed by atoms with Crippen molar-refractivity contribution in [2.24, 2.45) is 0 Å². The molecule has 116 valence electrons. The summed E-state index contributed by atoms with van der Waals surface area (Å²) in [6.07, 6.45) is 7.90. The largest absolute Gasteiger partial charge is 0.459 e. The smallest absolute Gasteiger partial charge is 0.287 e. The number of fused-ring (bicyclic) bond motifs is 1. The van der Waals surface area contributed by atoms with E-state index in [1.165, 1.54) is 6.26 Å². The average molecular weight is 308 g/mol. The highest BCUT2D eigenvalue weighted by atomic mass is 16.3. The predicted octanol–water partition coefficient (Wildman–Crippen LogP) is 2.67. The third-order valence-corrected chi connectivity index (χ3v) is 4.10. The summed E-state index contributed by atoms with van der Waals surface area (Å²) in [7, 11) is 0. The van der Waals surface area contributed by atoms with Crippen molar-refractivity contribution in [3.63, 3.8) is 0 Å². The van der Waals surface area contributed by atoms with Gasteiger partial charge in [0.15, 0.2) is 11.6 Å². The van der Waals surface area contributed by atoms with E-state index in [-0.39, 0.29) is 11.9 Å². The Hall–Kier alpha value is -2.89. The summed E-state index contributed by atoms with van der Waals surface area (Å²) in [6, 6.07) is 9.07. The summed E-state index contributed by atoms with van der Waals surface area (Å²) >= 11 is 0. The van der Waals surface area contributed by atoms with Gasteiger partial charge in [-0.05, 0) is 43.5 Å². The number of hydrogen-bond acceptors (Lipinski definition) is 4. The zero-order chi connectivity index (χ0) is 15.6. The van der Waals surface area contributed by atoms with Gasteiger partial charge in [0, 0.05) is 11.8 Å². The minimum Gasteiger partial charge on any atom is -0.459 e. The van der Waals surface area contributed by atoms with Crippen LogP contribution in [0.25, 0.3) is 5.82 Å². The molecule has 1 N–H and O–H groups in total. The lowest BCUT2D eigenvalue weighted by molar-refractivity contribution is 0.0904. The van der Waals surface area contributed by atoms with Crippen LogP contribution in [0.5, 0.6) is 0 Å². The Morgan fingerprint density at radius 1 is 1.30 bits per heavy atom. The Kier molecular flexibility index (Phi) is 3.42. The Bertz CT molecular complexity index is 809. The van der Waals surface area contributed by atoms with Gasteiger partial charge in [0.1, 0.15) is 0 Å². The molecule has 0 radical (unpaired) electrons. The Balaban J connectivity index is 1.62. The molecule has 23 heavy (non-hydrogen) atoms. The minimum atomic E-state index is -0.196. The number of amides is 1. The highest BCUT2D eigenvalue weighted by Gasteiger charge is 2.27. The van der Waals surface area contributed by atoms with Gasteiger partial charge in [0.25, 0.3) is 5.91 Å². The van der Waals surface area contributed by atoms with E-state index < -0.39 is 0 Å². The highest BCUT2D eigenvalue weighted by Crippen LogP contribution is 2.30. The summed E-state index contributed by atoms with van der Waals surface area (Å²) in [5, 5.41) is 7.50. The monoisotopic (exact) mass is 308 g/mol. The van der Waals surface area contributed by atoms with Crippen molar-refractivity contribution in [3.8, 4) is 5.82 Å². The standard InChI is InChI=1S/C17H16N4O2/c22-17(15-7-4-10-23-15)20-13-5-3-6-14-12(13)11-19-21(14)16-8-1-2-9-18-16/h1-2,4,7-11,13H,3,5-6H2,(H,20,22)/t13-/m0/s1. The Morgan fingerprint density at radius 3 is 3.04 bits per heavy atom. The van der Waals surface area contributed by atoms with E-state index in [9.17, 15) is 4.79 Å². The molecule has 1 atom stereocenters. The summed E-state index contributed by atoms with van der Waals surface area (Å²) in [6.45, 7) is 0. The van der Waals surface area contributed by atoms with Crippen molar-refractivity contribution >= 4 is 5.91 Å². The topological polar surface area (TPSA) is 73.0 Å². The molecule has 3 aromatic rings. The molecule has 4 rings (SSSR count). The van der Waals surface area contributed by atoms with Gasteiger partial charge in [0.2, 0.25) is 0 Å². The summed E-state index contributed by atoms with van der Waals surface area (Å²) in [4.78, 5) is 16.6. The van der Waals surface area contributed by atoms with Crippen LogP contribution >= 0.6 is 0 Å². The van der Waals surface area contributed by atoms with Gasteiger partial charge >= 0.3 is 0 Å². The number of carbonyl (C=O) groups is 1. The van der Waals surface area contributed by atoms with E-state index in [2.05, 4.69) is 15.4 Å². The van der Waals surface area contributed by atoms with Gasteiger partial charge in [-0.1, -0.05) is 6.07 Å². The number of carbonyl (C=O) groups excluding carboxylic acids is 1. The molecule has 0 bridgehead atoms. The van der Waals surface area contributed by atoms with Crippen LogP contribution < -0.4 is 5.32 Å². The molecular weight excluding hydrogens is 292 g/mol. The zero-order valence-corrected chi connectivity index (χ0v) is 12.5. The predicted molar refractivity (Wildman–Crippen MR) is 83.2 cm³/mol. The first-order valence-corrected chi connectivity index (χ1v) is 7.65. The molecule has 0 aromatic carbocycles. The maximum Gasteiger partial charge on any atom is 0.287 e. The maximum atomic E-state index is 12.2. The fraction of sp³-hybridized carbons (Fsp3) is 0.235. The van der Waals surface area contributed by atoms with Crippen molar-refractivity contribution in [3.05, 3.63) is 66.0 Å². The lowest BCUT2D eigenvalue weighted by atomic mass is 9.93. The van der Waals surface area contributed by atoms with Crippen molar-refractivity contribution in [2.75, 3.05) is 0 Å². The second kappa shape index (κ2) is 5.72. The molecule has 0 saturated carbocycles. The van der Waals surface area contributed by atoms with E-state index in [1.54, 1.807) is 18.3 Å². The van der Waals surface area contributed by atoms with E-state index >= 15 is 0 Å². The molecule has 1 aliphatic carbocycles. The first-order valence-electron chi connectivity index (χ1n) is 7.65. The van der Waals surface area contributed by atoms with E-state index in [0.29, 0.717) is 5.76 Å². The molecule has 0 saturated heterocycles. The van der Waals surface area contributed by atoms with Crippen LogP contribution in [0.1, 0.15) is 40.7 Å². The van der Waals surface area contributed by atoms with Crippen LogP contribution in [0.15, 0.2) is 53.4 Å². The lowest BCUT2D eigenvalue weighted by Crippen LogP contribution is -2.30. The number of nitrogens with one attached hydrogen (secondary N) is 1. The number of aromatic nitrogens is 3. The fourth-order valence-electron chi connectivity index (χ4n) is 3.02. The van der Waals surface area contributed by atoms with Crippen molar-refractivity contribution in [1.29, 1.82) is 0 Å². The van der Waals surface area contributed by atoms with Crippen molar-refractivity contribution < 1.29 is 9.21 Å². The Morgan fingerprint density at radius 2 is 2.26 bits per heavy atom. The molecule has 0 unspecified atom stereocenters. The van der Waals surface area contributed by atoms with Crippen LogP contribution in [0, 0.1) is 0 Å². The second-order valence-corrected chi connectivity index (χ2v) is 5.54. The van der Waals surface area contributed by atoms with Gasteiger partial charge in [-0.3, -0.25) is 4.79 Å². The SMILES string of the molecule is O=C(N[C@H]1CCCc2c1cnn2-c1ccccn1)c1ccco1. The van der Waals surface area contributed by atoms with Crippen LogP contribution in [0.2, 0.25) is 0 Å². The molecule has 0 fully saturated rings. The Labute approximate surface area is 133 Å². The third kappa shape index (κ3) is 2.52. The summed E-state index contributed by atoms with van der Waals surface area (Å²) in [5.74, 6) is 0.930. The van der Waals surface area contributed by atoms with Crippen molar-refractivity contribution in [1.82, 2.24) is 20.1 Å². The second-order valence-electron chi connectivity index (χ2n) is 5.54. The fourth-order valence-corrected chi connectivity index (χ4v) is 3.02. The molecular formula is C17H16N4O2. The van der Waals surface area contributed by atoms with Gasteiger partial charge in [-0.25, -0.2) is 9.67 Å². The third-order valence-electron chi connectivity index (χ3n) is 4.10. The zero-order valence-electron chi connectivity index (χ0n) is 12.5. The molecule has 1 amide bonds. The molecule has 6 nitrogen and oxygen atoms in total. The average Bonchev–Trinajstić information content (AvgIpc) is 3.26. The van der Waals surface area contributed by atoms with E-state index in [4.69, 9.17) is 4.42 Å².